The fraction of sp³-hybridized carbons (Fsp3) is 0.467. The molecule has 1 atom stereocenters. The van der Waals surface area contributed by atoms with E-state index in [1.807, 2.05) is 6.92 Å². The molecule has 0 aliphatic heterocycles. The molecule has 1 saturated carbocycles. The van der Waals surface area contributed by atoms with Crippen LogP contribution in [0.15, 0.2) is 18.2 Å². The molecular weight excluding hydrogens is 270 g/mol. The van der Waals surface area contributed by atoms with E-state index in [1.54, 1.807) is 18.2 Å². The minimum atomic E-state index is -0.233. The number of hydrogen-bond donors (Lipinski definition) is 3. The molecule has 3 amide bonds. The molecule has 0 spiro atoms. The quantitative estimate of drug-likeness (QED) is 0.780. The number of carbonyl (C=O) groups excluding carboxylic acids is 2. The number of carbonyl (C=O) groups is 2. The Hall–Kier alpha value is -2.24. The molecule has 0 aromatic heterocycles. The third kappa shape index (κ3) is 4.37. The van der Waals surface area contributed by atoms with Gasteiger partial charge in [-0.1, -0.05) is 0 Å². The SMILES string of the molecule is COc1cc(NC(=O)NC(C)C2CC2)ccc1NC(C)=O. The number of nitrogens with one attached hydrogen (secondary N) is 3. The summed E-state index contributed by atoms with van der Waals surface area (Å²) >= 11 is 0. The second-order valence-corrected chi connectivity index (χ2v) is 5.32. The third-order valence-corrected chi connectivity index (χ3v) is 3.46. The van der Waals surface area contributed by atoms with Crippen LogP contribution in [0.25, 0.3) is 0 Å². The molecule has 21 heavy (non-hydrogen) atoms. The first-order valence-electron chi connectivity index (χ1n) is 7.02. The van der Waals surface area contributed by atoms with E-state index in [-0.39, 0.29) is 18.0 Å². The molecule has 1 aliphatic rings. The molecule has 1 unspecified atom stereocenters. The number of benzene rings is 1. The lowest BCUT2D eigenvalue weighted by Crippen LogP contribution is -2.37. The fourth-order valence-electron chi connectivity index (χ4n) is 2.15. The maximum Gasteiger partial charge on any atom is 0.319 e. The van der Waals surface area contributed by atoms with E-state index in [4.69, 9.17) is 4.74 Å². The molecule has 6 heteroatoms. The minimum absolute atomic E-state index is 0.176. The largest absolute Gasteiger partial charge is 0.494 e. The molecule has 0 radical (unpaired) electrons. The van der Waals surface area contributed by atoms with E-state index in [2.05, 4.69) is 16.0 Å². The number of ether oxygens (including phenoxy) is 1. The Bertz CT molecular complexity index is 541. The molecule has 0 bridgehead atoms. The van der Waals surface area contributed by atoms with Gasteiger partial charge in [0.05, 0.1) is 12.8 Å². The predicted molar refractivity (Wildman–Crippen MR) is 81.6 cm³/mol. The highest BCUT2D eigenvalue weighted by Crippen LogP contribution is 2.32. The normalized spacial score (nSPS) is 15.0. The zero-order valence-corrected chi connectivity index (χ0v) is 12.5. The van der Waals surface area contributed by atoms with Gasteiger partial charge < -0.3 is 20.7 Å². The van der Waals surface area contributed by atoms with Crippen molar-refractivity contribution in [3.05, 3.63) is 18.2 Å². The molecule has 3 N–H and O–H groups in total. The maximum absolute atomic E-state index is 11.9. The smallest absolute Gasteiger partial charge is 0.319 e. The molecule has 0 saturated heterocycles. The van der Waals surface area contributed by atoms with Crippen molar-refractivity contribution in [3.63, 3.8) is 0 Å². The van der Waals surface area contributed by atoms with Gasteiger partial charge in [0.25, 0.3) is 0 Å². The first-order valence-corrected chi connectivity index (χ1v) is 7.02. The summed E-state index contributed by atoms with van der Waals surface area (Å²) in [6.07, 6.45) is 2.36. The van der Waals surface area contributed by atoms with Crippen LogP contribution in [-0.2, 0) is 4.79 Å². The van der Waals surface area contributed by atoms with Gasteiger partial charge in [-0.05, 0) is 37.8 Å². The summed E-state index contributed by atoms with van der Waals surface area (Å²) in [7, 11) is 1.51. The standard InChI is InChI=1S/C15H21N3O3/c1-9(11-4-5-11)16-15(20)18-12-6-7-13(17-10(2)19)14(8-12)21-3/h6-9,11H,4-5H2,1-3H3,(H,17,19)(H2,16,18,20). The second kappa shape index (κ2) is 6.47. The van der Waals surface area contributed by atoms with Crippen molar-refractivity contribution in [1.29, 1.82) is 0 Å². The van der Waals surface area contributed by atoms with Gasteiger partial charge in [0.15, 0.2) is 0 Å². The summed E-state index contributed by atoms with van der Waals surface area (Å²) in [5.74, 6) is 0.927. The molecular formula is C15H21N3O3. The van der Waals surface area contributed by atoms with Crippen molar-refractivity contribution < 1.29 is 14.3 Å². The van der Waals surface area contributed by atoms with Crippen molar-refractivity contribution >= 4 is 23.3 Å². The van der Waals surface area contributed by atoms with Crippen LogP contribution in [0.3, 0.4) is 0 Å². The van der Waals surface area contributed by atoms with Gasteiger partial charge >= 0.3 is 6.03 Å². The van der Waals surface area contributed by atoms with E-state index >= 15 is 0 Å². The van der Waals surface area contributed by atoms with Crippen molar-refractivity contribution in [2.24, 2.45) is 5.92 Å². The summed E-state index contributed by atoms with van der Waals surface area (Å²) in [5.41, 5.74) is 1.18. The first-order chi connectivity index (χ1) is 9.99. The van der Waals surface area contributed by atoms with Gasteiger partial charge in [-0.2, -0.15) is 0 Å². The molecule has 0 heterocycles. The van der Waals surface area contributed by atoms with Gasteiger partial charge in [-0.15, -0.1) is 0 Å². The fourth-order valence-corrected chi connectivity index (χ4v) is 2.15. The van der Waals surface area contributed by atoms with Crippen LogP contribution in [0.4, 0.5) is 16.2 Å². The van der Waals surface area contributed by atoms with E-state index in [0.29, 0.717) is 23.0 Å². The zero-order chi connectivity index (χ0) is 15.4. The Morgan fingerprint density at radius 2 is 2.00 bits per heavy atom. The molecule has 114 valence electrons. The van der Waals surface area contributed by atoms with Crippen molar-refractivity contribution in [2.45, 2.75) is 32.7 Å². The summed E-state index contributed by atoms with van der Waals surface area (Å²) in [6.45, 7) is 3.44. The van der Waals surface area contributed by atoms with Gasteiger partial charge in [-0.25, -0.2) is 4.79 Å². The lowest BCUT2D eigenvalue weighted by Gasteiger charge is -2.15. The molecule has 1 aliphatic carbocycles. The highest BCUT2D eigenvalue weighted by Gasteiger charge is 2.28. The number of hydrogen-bond acceptors (Lipinski definition) is 3. The van der Waals surface area contributed by atoms with Crippen molar-refractivity contribution in [2.75, 3.05) is 17.7 Å². The second-order valence-electron chi connectivity index (χ2n) is 5.32. The monoisotopic (exact) mass is 291 g/mol. The van der Waals surface area contributed by atoms with Gasteiger partial charge in [0.2, 0.25) is 5.91 Å². The average molecular weight is 291 g/mol. The number of urea groups is 1. The minimum Gasteiger partial charge on any atom is -0.494 e. The van der Waals surface area contributed by atoms with E-state index in [0.717, 1.165) is 0 Å². The predicted octanol–water partition coefficient (Wildman–Crippen LogP) is 2.57. The van der Waals surface area contributed by atoms with Crippen molar-refractivity contribution in [1.82, 2.24) is 5.32 Å². The first kappa shape index (κ1) is 15.2. The molecule has 1 aromatic rings. The molecule has 6 nitrogen and oxygen atoms in total. The van der Waals surface area contributed by atoms with Crippen LogP contribution in [0.2, 0.25) is 0 Å². The number of amides is 3. The zero-order valence-electron chi connectivity index (χ0n) is 12.5. The van der Waals surface area contributed by atoms with E-state index in [1.165, 1.54) is 26.9 Å². The highest BCUT2D eigenvalue weighted by atomic mass is 16.5. The number of anilines is 2. The highest BCUT2D eigenvalue weighted by molar-refractivity contribution is 5.93. The van der Waals surface area contributed by atoms with E-state index in [9.17, 15) is 9.59 Å². The van der Waals surface area contributed by atoms with Crippen LogP contribution in [-0.4, -0.2) is 25.1 Å². The topological polar surface area (TPSA) is 79.5 Å². The summed E-state index contributed by atoms with van der Waals surface area (Å²) < 4.78 is 5.21. The molecule has 2 rings (SSSR count). The Balaban J connectivity index is 1.99. The molecule has 1 aromatic carbocycles. The Morgan fingerprint density at radius 3 is 2.57 bits per heavy atom. The summed E-state index contributed by atoms with van der Waals surface area (Å²) in [5, 5.41) is 8.35. The van der Waals surface area contributed by atoms with Crippen LogP contribution in [0.1, 0.15) is 26.7 Å². The van der Waals surface area contributed by atoms with Gasteiger partial charge in [0, 0.05) is 24.7 Å². The van der Waals surface area contributed by atoms with Crippen LogP contribution in [0, 0.1) is 5.92 Å². The maximum atomic E-state index is 11.9. The Morgan fingerprint density at radius 1 is 1.29 bits per heavy atom. The summed E-state index contributed by atoms with van der Waals surface area (Å²) in [6, 6.07) is 5.04. The lowest BCUT2D eigenvalue weighted by molar-refractivity contribution is -0.114. The van der Waals surface area contributed by atoms with Gasteiger partial charge in [0.1, 0.15) is 5.75 Å². The number of rotatable bonds is 5. The van der Waals surface area contributed by atoms with Crippen LogP contribution < -0.4 is 20.7 Å². The van der Waals surface area contributed by atoms with Crippen molar-refractivity contribution in [3.8, 4) is 5.75 Å². The van der Waals surface area contributed by atoms with E-state index < -0.39 is 0 Å². The summed E-state index contributed by atoms with van der Waals surface area (Å²) in [4.78, 5) is 23.0. The van der Waals surface area contributed by atoms with Crippen LogP contribution >= 0.6 is 0 Å². The Kier molecular flexibility index (Phi) is 4.67. The average Bonchev–Trinajstić information content (AvgIpc) is 3.24. The Labute approximate surface area is 124 Å². The van der Waals surface area contributed by atoms with Gasteiger partial charge in [-0.3, -0.25) is 4.79 Å². The lowest BCUT2D eigenvalue weighted by atomic mass is 10.2. The van der Waals surface area contributed by atoms with Crippen LogP contribution in [0.5, 0.6) is 5.75 Å². The number of methoxy groups -OCH3 is 1. The third-order valence-electron chi connectivity index (χ3n) is 3.46. The molecule has 1 fully saturated rings.